The lowest BCUT2D eigenvalue weighted by molar-refractivity contribution is 0.0816. The van der Waals surface area contributed by atoms with Gasteiger partial charge in [-0.05, 0) is 27.2 Å². The van der Waals surface area contributed by atoms with E-state index in [2.05, 4.69) is 6.92 Å². The van der Waals surface area contributed by atoms with E-state index in [-0.39, 0.29) is 6.10 Å². The number of rotatable bonds is 12. The maximum Gasteiger partial charge on any atom is 0.533 e. The summed E-state index contributed by atoms with van der Waals surface area (Å²) in [5.74, 6) is 0.894. The molecule has 1 fully saturated rings. The van der Waals surface area contributed by atoms with Gasteiger partial charge < -0.3 is 22.8 Å². The zero-order valence-electron chi connectivity index (χ0n) is 13.1. The second kappa shape index (κ2) is 9.52. The summed E-state index contributed by atoms with van der Waals surface area (Å²) in [6, 6.07) is 0. The molecule has 0 aromatic rings. The highest BCUT2D eigenvalue weighted by atomic mass is 28.4. The second-order valence-electron chi connectivity index (χ2n) is 4.53. The molecule has 0 spiro atoms. The second-order valence-corrected chi connectivity index (χ2v) is 6.89. The van der Waals surface area contributed by atoms with Crippen molar-refractivity contribution in [3.63, 3.8) is 0 Å². The van der Waals surface area contributed by atoms with Gasteiger partial charge in [-0.2, -0.15) is 0 Å². The van der Waals surface area contributed by atoms with Crippen LogP contribution in [0.1, 0.15) is 40.5 Å². The van der Waals surface area contributed by atoms with E-state index in [4.69, 9.17) is 22.8 Å². The first kappa shape index (κ1) is 17.6. The van der Waals surface area contributed by atoms with Gasteiger partial charge in [0.15, 0.2) is 0 Å². The van der Waals surface area contributed by atoms with Crippen molar-refractivity contribution in [3.8, 4) is 0 Å². The molecule has 118 valence electrons. The van der Waals surface area contributed by atoms with Gasteiger partial charge in [0.25, 0.3) is 0 Å². The van der Waals surface area contributed by atoms with Crippen LogP contribution in [0, 0.1) is 0 Å². The summed E-state index contributed by atoms with van der Waals surface area (Å²) in [7, 11) is -2.78. The average molecular weight is 304 g/mol. The van der Waals surface area contributed by atoms with E-state index >= 15 is 0 Å². The molecule has 5 nitrogen and oxygen atoms in total. The number of hydrogen-bond acceptors (Lipinski definition) is 5. The van der Waals surface area contributed by atoms with Crippen molar-refractivity contribution in [1.82, 2.24) is 0 Å². The Morgan fingerprint density at radius 3 is 2.05 bits per heavy atom. The highest BCUT2D eigenvalue weighted by Gasteiger charge is 2.39. The van der Waals surface area contributed by atoms with Gasteiger partial charge in [-0.25, -0.2) is 0 Å². The van der Waals surface area contributed by atoms with Crippen molar-refractivity contribution >= 4 is 8.80 Å². The summed E-state index contributed by atoms with van der Waals surface area (Å²) < 4.78 is 28.5. The standard InChI is InChI=1S/C14H28O5Si/c1-5-9-13(15-10-14-11-16-14)12-20(17-6-2,18-7-3)19-8-4/h12,14H,5-11H2,1-4H3/b13-12+. The SMILES string of the molecule is CCC/C(=C\[Si](OCC)(OCC)OCC)OCC1CO1. The smallest absolute Gasteiger partial charge is 0.496 e. The van der Waals surface area contributed by atoms with Crippen LogP contribution in [0.15, 0.2) is 11.5 Å². The Labute approximate surface area is 123 Å². The van der Waals surface area contributed by atoms with E-state index in [9.17, 15) is 0 Å². The Kier molecular flexibility index (Phi) is 8.40. The summed E-state index contributed by atoms with van der Waals surface area (Å²) >= 11 is 0. The lowest BCUT2D eigenvalue weighted by Gasteiger charge is -2.26. The molecular weight excluding hydrogens is 276 g/mol. The fourth-order valence-electron chi connectivity index (χ4n) is 1.85. The fraction of sp³-hybridized carbons (Fsp3) is 0.857. The Morgan fingerprint density at radius 2 is 1.65 bits per heavy atom. The summed E-state index contributed by atoms with van der Waals surface area (Å²) in [6.45, 7) is 11.1. The molecule has 0 bridgehead atoms. The first-order chi connectivity index (χ1) is 9.69. The van der Waals surface area contributed by atoms with Crippen LogP contribution < -0.4 is 0 Å². The van der Waals surface area contributed by atoms with Crippen LogP contribution in [0.25, 0.3) is 0 Å². The Balaban J connectivity index is 2.77. The van der Waals surface area contributed by atoms with Crippen molar-refractivity contribution in [2.45, 2.75) is 46.6 Å². The molecule has 6 heteroatoms. The van der Waals surface area contributed by atoms with Crippen molar-refractivity contribution in [1.29, 1.82) is 0 Å². The highest BCUT2D eigenvalue weighted by Crippen LogP contribution is 2.20. The highest BCUT2D eigenvalue weighted by molar-refractivity contribution is 6.66. The molecule has 1 atom stereocenters. The normalized spacial score (nSPS) is 19.2. The predicted octanol–water partition coefficient (Wildman–Crippen LogP) is 2.67. The number of ether oxygens (including phenoxy) is 2. The molecule has 0 aliphatic carbocycles. The largest absolute Gasteiger partial charge is 0.533 e. The third-order valence-corrected chi connectivity index (χ3v) is 5.48. The molecule has 1 heterocycles. The van der Waals surface area contributed by atoms with E-state index in [1.807, 2.05) is 26.5 Å². The third kappa shape index (κ3) is 6.36. The Bertz CT molecular complexity index is 274. The molecule has 1 aliphatic rings. The number of hydrogen-bond donors (Lipinski definition) is 0. The number of epoxide rings is 1. The van der Waals surface area contributed by atoms with Gasteiger partial charge in [-0.3, -0.25) is 0 Å². The molecule has 0 aromatic carbocycles. The van der Waals surface area contributed by atoms with Gasteiger partial charge >= 0.3 is 8.80 Å². The molecule has 0 N–H and O–H groups in total. The van der Waals surface area contributed by atoms with Gasteiger partial charge in [0.1, 0.15) is 12.7 Å². The summed E-state index contributed by atoms with van der Waals surface area (Å²) in [5, 5.41) is 0. The van der Waals surface area contributed by atoms with Gasteiger partial charge in [-0.1, -0.05) is 6.92 Å². The van der Waals surface area contributed by atoms with Crippen LogP contribution >= 0.6 is 0 Å². The average Bonchev–Trinajstić information content (AvgIpc) is 3.21. The quantitative estimate of drug-likeness (QED) is 0.315. The minimum Gasteiger partial charge on any atom is -0.496 e. The van der Waals surface area contributed by atoms with E-state index in [1.54, 1.807) is 0 Å². The summed E-state index contributed by atoms with van der Waals surface area (Å²) in [6.07, 6.45) is 2.11. The molecular formula is C14H28O5Si. The molecule has 1 saturated heterocycles. The molecule has 20 heavy (non-hydrogen) atoms. The lowest BCUT2D eigenvalue weighted by Crippen LogP contribution is -2.45. The van der Waals surface area contributed by atoms with Gasteiger partial charge in [0, 0.05) is 31.9 Å². The van der Waals surface area contributed by atoms with Crippen LogP contribution in [0.5, 0.6) is 0 Å². The van der Waals surface area contributed by atoms with E-state index < -0.39 is 8.80 Å². The van der Waals surface area contributed by atoms with E-state index in [1.165, 1.54) is 0 Å². The van der Waals surface area contributed by atoms with Crippen molar-refractivity contribution in [2.24, 2.45) is 0 Å². The number of allylic oxidation sites excluding steroid dienone is 1. The fourth-order valence-corrected chi connectivity index (χ4v) is 4.18. The zero-order chi connectivity index (χ0) is 14.8. The van der Waals surface area contributed by atoms with Crippen molar-refractivity contribution in [3.05, 3.63) is 11.5 Å². The summed E-state index contributed by atoms with van der Waals surface area (Å²) in [5.41, 5.74) is 1.95. The predicted molar refractivity (Wildman–Crippen MR) is 79.3 cm³/mol. The molecule has 1 aliphatic heterocycles. The Hall–Kier alpha value is -0.403. The molecule has 1 unspecified atom stereocenters. The monoisotopic (exact) mass is 304 g/mol. The van der Waals surface area contributed by atoms with Gasteiger partial charge in [0.05, 0.1) is 12.4 Å². The minimum atomic E-state index is -2.78. The van der Waals surface area contributed by atoms with Crippen molar-refractivity contribution in [2.75, 3.05) is 33.0 Å². The maximum absolute atomic E-state index is 5.83. The molecule has 1 rings (SSSR count). The first-order valence-corrected chi connectivity index (χ1v) is 9.37. The lowest BCUT2D eigenvalue weighted by atomic mass is 10.3. The van der Waals surface area contributed by atoms with Crippen LogP contribution in [0.2, 0.25) is 0 Å². The summed E-state index contributed by atoms with van der Waals surface area (Å²) in [4.78, 5) is 0. The topological polar surface area (TPSA) is 49.5 Å². The van der Waals surface area contributed by atoms with Crippen LogP contribution in [0.3, 0.4) is 0 Å². The first-order valence-electron chi connectivity index (χ1n) is 7.57. The van der Waals surface area contributed by atoms with Crippen LogP contribution in [-0.2, 0) is 22.8 Å². The van der Waals surface area contributed by atoms with Crippen molar-refractivity contribution < 1.29 is 22.8 Å². The maximum atomic E-state index is 5.83. The van der Waals surface area contributed by atoms with Crippen LogP contribution in [-0.4, -0.2) is 47.9 Å². The van der Waals surface area contributed by atoms with Gasteiger partial charge in [0.2, 0.25) is 0 Å². The molecule has 0 amide bonds. The van der Waals surface area contributed by atoms with Gasteiger partial charge in [-0.15, -0.1) is 0 Å². The minimum absolute atomic E-state index is 0.248. The third-order valence-electron chi connectivity index (χ3n) is 2.73. The molecule has 0 saturated carbocycles. The molecule has 0 radical (unpaired) electrons. The molecule has 0 aromatic heterocycles. The van der Waals surface area contributed by atoms with Crippen LogP contribution in [0.4, 0.5) is 0 Å². The zero-order valence-corrected chi connectivity index (χ0v) is 14.1. The van der Waals surface area contributed by atoms with E-state index in [0.717, 1.165) is 25.2 Å². The Morgan fingerprint density at radius 1 is 1.10 bits per heavy atom. The van der Waals surface area contributed by atoms with E-state index in [0.29, 0.717) is 26.4 Å².